The SMILES string of the molecule is Cc1cc(S(=O)(=O)N2CCc3cc(N)ccc32)sc1Cl. The molecule has 1 aliphatic rings. The van der Waals surface area contributed by atoms with Crippen molar-refractivity contribution in [3.8, 4) is 0 Å². The zero-order valence-electron chi connectivity index (χ0n) is 10.8. The van der Waals surface area contributed by atoms with Gasteiger partial charge in [-0.2, -0.15) is 0 Å². The maximum absolute atomic E-state index is 12.7. The van der Waals surface area contributed by atoms with Crippen LogP contribution in [-0.4, -0.2) is 15.0 Å². The van der Waals surface area contributed by atoms with Crippen molar-refractivity contribution in [3.05, 3.63) is 39.7 Å². The van der Waals surface area contributed by atoms with Crippen molar-refractivity contribution in [1.82, 2.24) is 0 Å². The number of rotatable bonds is 2. The first-order valence-corrected chi connectivity index (χ1v) is 8.70. The van der Waals surface area contributed by atoms with Crippen LogP contribution in [0.15, 0.2) is 28.5 Å². The molecule has 3 rings (SSSR count). The zero-order chi connectivity index (χ0) is 14.5. The van der Waals surface area contributed by atoms with Gasteiger partial charge in [0, 0.05) is 12.2 Å². The second-order valence-corrected chi connectivity index (χ2v) is 8.48. The lowest BCUT2D eigenvalue weighted by Crippen LogP contribution is -2.28. The predicted octanol–water partition coefficient (Wildman–Crippen LogP) is 3.04. The Morgan fingerprint density at radius 2 is 2.10 bits per heavy atom. The molecule has 1 aliphatic heterocycles. The van der Waals surface area contributed by atoms with Crippen LogP contribution >= 0.6 is 22.9 Å². The average Bonchev–Trinajstić information content (AvgIpc) is 2.94. The van der Waals surface area contributed by atoms with E-state index < -0.39 is 10.0 Å². The lowest BCUT2D eigenvalue weighted by atomic mass is 10.1. The van der Waals surface area contributed by atoms with Gasteiger partial charge in [-0.3, -0.25) is 4.31 Å². The van der Waals surface area contributed by atoms with Crippen molar-refractivity contribution in [1.29, 1.82) is 0 Å². The standard InChI is InChI=1S/C13H13ClN2O2S2/c1-8-6-12(19-13(8)14)20(17,18)16-5-4-9-7-10(15)2-3-11(9)16/h2-3,6-7H,4-5,15H2,1H3. The van der Waals surface area contributed by atoms with Crippen LogP contribution in [-0.2, 0) is 16.4 Å². The Hall–Kier alpha value is -1.24. The van der Waals surface area contributed by atoms with E-state index in [0.29, 0.717) is 28.7 Å². The Morgan fingerprint density at radius 3 is 2.75 bits per heavy atom. The van der Waals surface area contributed by atoms with Crippen molar-refractivity contribution in [2.75, 3.05) is 16.6 Å². The molecule has 0 amide bonds. The van der Waals surface area contributed by atoms with Crippen LogP contribution in [0.25, 0.3) is 0 Å². The number of anilines is 2. The fourth-order valence-corrected chi connectivity index (χ4v) is 5.63. The highest BCUT2D eigenvalue weighted by Gasteiger charge is 2.32. The van der Waals surface area contributed by atoms with E-state index in [9.17, 15) is 8.42 Å². The Bertz CT molecular complexity index is 764. The minimum atomic E-state index is -3.54. The van der Waals surface area contributed by atoms with Crippen LogP contribution in [0.2, 0.25) is 4.34 Å². The maximum atomic E-state index is 12.7. The van der Waals surface area contributed by atoms with Crippen LogP contribution in [0.1, 0.15) is 11.1 Å². The molecule has 2 aromatic rings. The number of sulfonamides is 1. The number of nitrogens with two attached hydrogens (primary N) is 1. The molecule has 2 N–H and O–H groups in total. The van der Waals surface area contributed by atoms with Crippen molar-refractivity contribution in [2.24, 2.45) is 0 Å². The van der Waals surface area contributed by atoms with Gasteiger partial charge in [-0.25, -0.2) is 8.42 Å². The summed E-state index contributed by atoms with van der Waals surface area (Å²) in [4.78, 5) is 0. The molecule has 0 unspecified atom stereocenters. The minimum Gasteiger partial charge on any atom is -0.399 e. The van der Waals surface area contributed by atoms with Gasteiger partial charge in [-0.05, 0) is 48.7 Å². The summed E-state index contributed by atoms with van der Waals surface area (Å²) in [6.07, 6.45) is 0.678. The second kappa shape index (κ2) is 4.65. The van der Waals surface area contributed by atoms with Gasteiger partial charge in [0.05, 0.1) is 10.0 Å². The molecule has 1 aromatic carbocycles. The first kappa shape index (κ1) is 13.7. The Morgan fingerprint density at radius 1 is 1.35 bits per heavy atom. The van der Waals surface area contributed by atoms with Gasteiger partial charge in [-0.15, -0.1) is 11.3 Å². The first-order valence-electron chi connectivity index (χ1n) is 6.06. The van der Waals surface area contributed by atoms with Crippen LogP contribution in [0.5, 0.6) is 0 Å². The number of benzene rings is 1. The first-order chi connectivity index (χ1) is 9.39. The lowest BCUT2D eigenvalue weighted by Gasteiger charge is -2.18. The Balaban J connectivity index is 2.07. The summed E-state index contributed by atoms with van der Waals surface area (Å²) in [5, 5.41) is 0. The number of fused-ring (bicyclic) bond motifs is 1. The molecule has 0 bridgehead atoms. The van der Waals surface area contributed by atoms with E-state index in [0.717, 1.165) is 22.5 Å². The molecule has 1 aromatic heterocycles. The van der Waals surface area contributed by atoms with Gasteiger partial charge in [0.25, 0.3) is 10.0 Å². The Labute approximate surface area is 126 Å². The monoisotopic (exact) mass is 328 g/mol. The number of nitrogen functional groups attached to an aromatic ring is 1. The fourth-order valence-electron chi connectivity index (χ4n) is 2.31. The minimum absolute atomic E-state index is 0.282. The van der Waals surface area contributed by atoms with Crippen molar-refractivity contribution >= 4 is 44.3 Å². The van der Waals surface area contributed by atoms with Gasteiger partial charge >= 0.3 is 0 Å². The van der Waals surface area contributed by atoms with Crippen molar-refractivity contribution in [2.45, 2.75) is 17.6 Å². The fraction of sp³-hybridized carbons (Fsp3) is 0.231. The van der Waals surface area contributed by atoms with E-state index in [4.69, 9.17) is 17.3 Å². The third kappa shape index (κ3) is 2.08. The summed E-state index contributed by atoms with van der Waals surface area (Å²) in [5.41, 5.74) is 8.85. The molecule has 0 aliphatic carbocycles. The number of nitrogens with zero attached hydrogens (tertiary/aromatic N) is 1. The molecular formula is C13H13ClN2O2S2. The van der Waals surface area contributed by atoms with E-state index in [1.807, 2.05) is 6.07 Å². The smallest absolute Gasteiger partial charge is 0.273 e. The van der Waals surface area contributed by atoms with Gasteiger partial charge in [0.15, 0.2) is 0 Å². The summed E-state index contributed by atoms with van der Waals surface area (Å²) in [6, 6.07) is 6.94. The van der Waals surface area contributed by atoms with Gasteiger partial charge in [-0.1, -0.05) is 11.6 Å². The van der Waals surface area contributed by atoms with Crippen LogP contribution in [0.4, 0.5) is 11.4 Å². The molecule has 0 radical (unpaired) electrons. The van der Waals surface area contributed by atoms with Crippen LogP contribution in [0.3, 0.4) is 0 Å². The largest absolute Gasteiger partial charge is 0.399 e. The molecule has 0 saturated carbocycles. The molecule has 20 heavy (non-hydrogen) atoms. The third-order valence-corrected chi connectivity index (χ3v) is 7.15. The lowest BCUT2D eigenvalue weighted by molar-refractivity contribution is 0.594. The zero-order valence-corrected chi connectivity index (χ0v) is 13.1. The second-order valence-electron chi connectivity index (χ2n) is 4.74. The van der Waals surface area contributed by atoms with Crippen LogP contribution in [0, 0.1) is 6.92 Å². The van der Waals surface area contributed by atoms with E-state index in [1.165, 1.54) is 4.31 Å². The average molecular weight is 329 g/mol. The third-order valence-electron chi connectivity index (χ3n) is 3.34. The molecule has 7 heteroatoms. The van der Waals surface area contributed by atoms with Crippen molar-refractivity contribution in [3.63, 3.8) is 0 Å². The molecule has 0 saturated heterocycles. The summed E-state index contributed by atoms with van der Waals surface area (Å²) in [6.45, 7) is 2.24. The van der Waals surface area contributed by atoms with E-state index in [2.05, 4.69) is 0 Å². The molecule has 4 nitrogen and oxygen atoms in total. The maximum Gasteiger partial charge on any atom is 0.273 e. The molecule has 0 spiro atoms. The molecule has 106 valence electrons. The van der Waals surface area contributed by atoms with E-state index in [-0.39, 0.29) is 4.21 Å². The predicted molar refractivity (Wildman–Crippen MR) is 83.2 cm³/mol. The molecular weight excluding hydrogens is 316 g/mol. The highest BCUT2D eigenvalue weighted by Crippen LogP contribution is 2.37. The quantitative estimate of drug-likeness (QED) is 0.862. The normalized spacial score (nSPS) is 14.6. The number of thiophene rings is 1. The van der Waals surface area contributed by atoms with Gasteiger partial charge in [0.1, 0.15) is 4.21 Å². The molecule has 0 atom stereocenters. The van der Waals surface area contributed by atoms with Crippen LogP contribution < -0.4 is 10.0 Å². The summed E-state index contributed by atoms with van der Waals surface area (Å²) in [5.74, 6) is 0. The highest BCUT2D eigenvalue weighted by atomic mass is 35.5. The summed E-state index contributed by atoms with van der Waals surface area (Å²) >= 11 is 7.08. The van der Waals surface area contributed by atoms with Gasteiger partial charge in [0.2, 0.25) is 0 Å². The van der Waals surface area contributed by atoms with E-state index in [1.54, 1.807) is 25.1 Å². The topological polar surface area (TPSA) is 63.4 Å². The number of aryl methyl sites for hydroxylation is 1. The van der Waals surface area contributed by atoms with E-state index >= 15 is 0 Å². The van der Waals surface area contributed by atoms with Gasteiger partial charge < -0.3 is 5.73 Å². The number of hydrogen-bond acceptors (Lipinski definition) is 4. The number of hydrogen-bond donors (Lipinski definition) is 1. The molecule has 0 fully saturated rings. The molecule has 2 heterocycles. The summed E-state index contributed by atoms with van der Waals surface area (Å²) in [7, 11) is -3.54. The van der Waals surface area contributed by atoms with Crippen molar-refractivity contribution < 1.29 is 8.42 Å². The Kier molecular flexibility index (Phi) is 3.19. The number of halogens is 1. The summed E-state index contributed by atoms with van der Waals surface area (Å²) < 4.78 is 27.6. The highest BCUT2D eigenvalue weighted by molar-refractivity contribution is 7.94.